The first-order chi connectivity index (χ1) is 5.66. The molecule has 0 saturated heterocycles. The maximum atomic E-state index is 10.5. The Kier molecular flexibility index (Phi) is 2.28. The van der Waals surface area contributed by atoms with E-state index in [2.05, 4.69) is 0 Å². The van der Waals surface area contributed by atoms with Gasteiger partial charge in [0, 0.05) is 11.8 Å². The van der Waals surface area contributed by atoms with Crippen molar-refractivity contribution in [1.82, 2.24) is 0 Å². The van der Waals surface area contributed by atoms with E-state index in [0.29, 0.717) is 17.7 Å². The minimum absolute atomic E-state index is 0.109. The molecule has 1 aromatic rings. The largest absolute Gasteiger partial charge is 0.398 e. The molecular formula is C8H10N2O2. The molecule has 0 aromatic heterocycles. The smallest absolute Gasteiger partial charge is 0.274 e. The number of nitrogen functional groups attached to an aromatic ring is 1. The molecule has 4 heteroatoms. The Balaban J connectivity index is 3.27. The number of nitro groups is 1. The number of nitro benzene ring substituents is 1. The third kappa shape index (κ3) is 1.37. The monoisotopic (exact) mass is 166 g/mol. The summed E-state index contributed by atoms with van der Waals surface area (Å²) in [6, 6.07) is 4.73. The van der Waals surface area contributed by atoms with Crippen molar-refractivity contribution in [3.8, 4) is 0 Å². The van der Waals surface area contributed by atoms with Crippen LogP contribution in [-0.2, 0) is 6.42 Å². The van der Waals surface area contributed by atoms with Crippen molar-refractivity contribution >= 4 is 11.4 Å². The second-order valence-corrected chi connectivity index (χ2v) is 2.46. The summed E-state index contributed by atoms with van der Waals surface area (Å²) in [6.45, 7) is 1.85. The molecule has 0 amide bonds. The van der Waals surface area contributed by atoms with Gasteiger partial charge in [0.25, 0.3) is 5.69 Å². The molecule has 2 N–H and O–H groups in total. The van der Waals surface area contributed by atoms with Gasteiger partial charge in [-0.15, -0.1) is 0 Å². The lowest BCUT2D eigenvalue weighted by Gasteiger charge is -2.02. The number of nitrogens with two attached hydrogens (primary N) is 1. The molecular weight excluding hydrogens is 156 g/mol. The van der Waals surface area contributed by atoms with Crippen LogP contribution in [-0.4, -0.2) is 4.92 Å². The van der Waals surface area contributed by atoms with Gasteiger partial charge in [-0.2, -0.15) is 0 Å². The summed E-state index contributed by atoms with van der Waals surface area (Å²) in [4.78, 5) is 10.1. The Morgan fingerprint density at radius 2 is 2.25 bits per heavy atom. The lowest BCUT2D eigenvalue weighted by atomic mass is 10.1. The van der Waals surface area contributed by atoms with E-state index in [0.717, 1.165) is 0 Å². The van der Waals surface area contributed by atoms with Crippen molar-refractivity contribution in [3.63, 3.8) is 0 Å². The molecule has 0 aliphatic heterocycles. The summed E-state index contributed by atoms with van der Waals surface area (Å²) < 4.78 is 0. The summed E-state index contributed by atoms with van der Waals surface area (Å²) in [5.41, 5.74) is 6.78. The highest BCUT2D eigenvalue weighted by Gasteiger charge is 2.13. The standard InChI is InChI=1S/C8H10N2O2/c1-2-6-7(9)4-3-5-8(6)10(11)12/h3-5H,2,9H2,1H3. The van der Waals surface area contributed by atoms with Crippen LogP contribution in [0.25, 0.3) is 0 Å². The predicted octanol–water partition coefficient (Wildman–Crippen LogP) is 1.74. The van der Waals surface area contributed by atoms with Gasteiger partial charge >= 0.3 is 0 Å². The minimum atomic E-state index is -0.408. The van der Waals surface area contributed by atoms with Gasteiger partial charge in [-0.3, -0.25) is 10.1 Å². The Hall–Kier alpha value is -1.58. The minimum Gasteiger partial charge on any atom is -0.398 e. The van der Waals surface area contributed by atoms with Gasteiger partial charge in [0.2, 0.25) is 0 Å². The van der Waals surface area contributed by atoms with E-state index in [1.54, 1.807) is 12.1 Å². The Labute approximate surface area is 70.2 Å². The summed E-state index contributed by atoms with van der Waals surface area (Å²) in [5, 5.41) is 10.5. The number of hydrogen-bond acceptors (Lipinski definition) is 3. The van der Waals surface area contributed by atoms with E-state index in [4.69, 9.17) is 5.73 Å². The van der Waals surface area contributed by atoms with Crippen LogP contribution in [0.2, 0.25) is 0 Å². The van der Waals surface area contributed by atoms with Crippen molar-refractivity contribution in [2.75, 3.05) is 5.73 Å². The SMILES string of the molecule is CCc1c(N)cccc1[N+](=O)[O-]. The quantitative estimate of drug-likeness (QED) is 0.413. The van der Waals surface area contributed by atoms with Crippen molar-refractivity contribution in [2.24, 2.45) is 0 Å². The highest BCUT2D eigenvalue weighted by molar-refractivity contribution is 5.57. The lowest BCUT2D eigenvalue weighted by Crippen LogP contribution is -1.98. The van der Waals surface area contributed by atoms with E-state index >= 15 is 0 Å². The maximum Gasteiger partial charge on any atom is 0.274 e. The van der Waals surface area contributed by atoms with Crippen molar-refractivity contribution in [2.45, 2.75) is 13.3 Å². The first kappa shape index (κ1) is 8.52. The number of hydrogen-bond donors (Lipinski definition) is 1. The van der Waals surface area contributed by atoms with Crippen LogP contribution in [0.1, 0.15) is 12.5 Å². The second kappa shape index (κ2) is 3.21. The van der Waals surface area contributed by atoms with Gasteiger partial charge in [-0.05, 0) is 12.5 Å². The van der Waals surface area contributed by atoms with Gasteiger partial charge in [-0.1, -0.05) is 13.0 Å². The number of rotatable bonds is 2. The maximum absolute atomic E-state index is 10.5. The predicted molar refractivity (Wildman–Crippen MR) is 46.9 cm³/mol. The fraction of sp³-hybridized carbons (Fsp3) is 0.250. The molecule has 1 rings (SSSR count). The molecule has 0 radical (unpaired) electrons. The second-order valence-electron chi connectivity index (χ2n) is 2.46. The number of anilines is 1. The van der Waals surface area contributed by atoms with Crippen LogP contribution in [0.5, 0.6) is 0 Å². The van der Waals surface area contributed by atoms with E-state index in [-0.39, 0.29) is 5.69 Å². The zero-order valence-corrected chi connectivity index (χ0v) is 6.78. The van der Waals surface area contributed by atoms with Gasteiger partial charge in [0.1, 0.15) is 0 Å². The zero-order chi connectivity index (χ0) is 9.14. The summed E-state index contributed by atoms with van der Waals surface area (Å²) in [6.07, 6.45) is 0.586. The van der Waals surface area contributed by atoms with E-state index in [9.17, 15) is 10.1 Å². The molecule has 1 aromatic carbocycles. The van der Waals surface area contributed by atoms with Crippen LogP contribution >= 0.6 is 0 Å². The first-order valence-corrected chi connectivity index (χ1v) is 3.68. The molecule has 0 aliphatic carbocycles. The van der Waals surface area contributed by atoms with Gasteiger partial charge in [0.15, 0.2) is 0 Å². The molecule has 0 aliphatic rings. The molecule has 4 nitrogen and oxygen atoms in total. The highest BCUT2D eigenvalue weighted by Crippen LogP contribution is 2.23. The van der Waals surface area contributed by atoms with Gasteiger partial charge < -0.3 is 5.73 Å². The van der Waals surface area contributed by atoms with E-state index in [1.807, 2.05) is 6.92 Å². The highest BCUT2D eigenvalue weighted by atomic mass is 16.6. The van der Waals surface area contributed by atoms with Crippen LogP contribution in [0.3, 0.4) is 0 Å². The molecule has 12 heavy (non-hydrogen) atoms. The summed E-state index contributed by atoms with van der Waals surface area (Å²) in [5.74, 6) is 0. The molecule has 0 saturated carbocycles. The molecule has 0 atom stereocenters. The average molecular weight is 166 g/mol. The fourth-order valence-corrected chi connectivity index (χ4v) is 1.15. The van der Waals surface area contributed by atoms with Crippen LogP contribution < -0.4 is 5.73 Å². The molecule has 0 fully saturated rings. The topological polar surface area (TPSA) is 69.2 Å². The molecule has 0 heterocycles. The molecule has 0 unspecified atom stereocenters. The summed E-state index contributed by atoms with van der Waals surface area (Å²) in [7, 11) is 0. The first-order valence-electron chi connectivity index (χ1n) is 3.68. The van der Waals surface area contributed by atoms with Crippen LogP contribution in [0, 0.1) is 10.1 Å². The third-order valence-corrected chi connectivity index (χ3v) is 1.74. The van der Waals surface area contributed by atoms with E-state index in [1.165, 1.54) is 6.07 Å². The van der Waals surface area contributed by atoms with E-state index < -0.39 is 4.92 Å². The number of benzene rings is 1. The Morgan fingerprint density at radius 1 is 1.58 bits per heavy atom. The average Bonchev–Trinajstić information content (AvgIpc) is 2.03. The number of nitrogens with zero attached hydrogens (tertiary/aromatic N) is 1. The van der Waals surface area contributed by atoms with Crippen molar-refractivity contribution < 1.29 is 4.92 Å². The Bertz CT molecular complexity index is 310. The molecule has 0 spiro atoms. The van der Waals surface area contributed by atoms with Crippen LogP contribution in [0.4, 0.5) is 11.4 Å². The normalized spacial score (nSPS) is 9.75. The molecule has 64 valence electrons. The van der Waals surface area contributed by atoms with Gasteiger partial charge in [0.05, 0.1) is 10.5 Å². The summed E-state index contributed by atoms with van der Waals surface area (Å²) >= 11 is 0. The van der Waals surface area contributed by atoms with Crippen LogP contribution in [0.15, 0.2) is 18.2 Å². The van der Waals surface area contributed by atoms with Gasteiger partial charge in [-0.25, -0.2) is 0 Å². The third-order valence-electron chi connectivity index (χ3n) is 1.74. The van der Waals surface area contributed by atoms with Crippen molar-refractivity contribution in [3.05, 3.63) is 33.9 Å². The fourth-order valence-electron chi connectivity index (χ4n) is 1.15. The van der Waals surface area contributed by atoms with Crippen molar-refractivity contribution in [1.29, 1.82) is 0 Å². The zero-order valence-electron chi connectivity index (χ0n) is 6.78. The molecule has 0 bridgehead atoms. The lowest BCUT2D eigenvalue weighted by molar-refractivity contribution is -0.385. The Morgan fingerprint density at radius 3 is 2.67 bits per heavy atom.